The summed E-state index contributed by atoms with van der Waals surface area (Å²) in [7, 11) is 1.50. The van der Waals surface area contributed by atoms with Crippen molar-refractivity contribution >= 4 is 35.0 Å². The molecule has 0 spiro atoms. The first-order chi connectivity index (χ1) is 12.8. The maximum absolute atomic E-state index is 13.0. The molecule has 3 rings (SSSR count). The average molecular weight is 394 g/mol. The van der Waals surface area contributed by atoms with E-state index in [1.807, 2.05) is 6.92 Å². The molecule has 2 aliphatic rings. The predicted molar refractivity (Wildman–Crippen MR) is 102 cm³/mol. The number of methoxy groups -OCH3 is 1. The zero-order chi connectivity index (χ0) is 19.8. The van der Waals surface area contributed by atoms with Crippen molar-refractivity contribution in [2.24, 2.45) is 5.41 Å². The van der Waals surface area contributed by atoms with Crippen LogP contribution in [0.3, 0.4) is 0 Å². The topological polar surface area (TPSA) is 79.0 Å². The fourth-order valence-electron chi connectivity index (χ4n) is 3.36. The molecule has 8 heteroatoms. The Morgan fingerprint density at radius 3 is 2.22 bits per heavy atom. The molecule has 0 bridgehead atoms. The first-order valence-corrected chi connectivity index (χ1v) is 9.37. The molecule has 1 aromatic carbocycles. The molecule has 1 aromatic rings. The number of anilines is 1. The van der Waals surface area contributed by atoms with Crippen LogP contribution in [0.4, 0.5) is 5.69 Å². The second kappa shape index (κ2) is 7.38. The van der Waals surface area contributed by atoms with Crippen LogP contribution in [-0.2, 0) is 14.4 Å². The van der Waals surface area contributed by atoms with Gasteiger partial charge in [-0.15, -0.1) is 0 Å². The van der Waals surface area contributed by atoms with E-state index in [4.69, 9.17) is 16.3 Å². The molecule has 1 heterocycles. The van der Waals surface area contributed by atoms with E-state index in [9.17, 15) is 14.4 Å². The zero-order valence-electron chi connectivity index (χ0n) is 15.8. The molecule has 0 aromatic heterocycles. The second-order valence-electron chi connectivity index (χ2n) is 7.14. The van der Waals surface area contributed by atoms with Crippen LogP contribution in [-0.4, -0.2) is 60.8 Å². The molecule has 3 amide bonds. The Morgan fingerprint density at radius 2 is 1.70 bits per heavy atom. The number of nitrogens with one attached hydrogen (secondary N) is 1. The van der Waals surface area contributed by atoms with Gasteiger partial charge in [0.2, 0.25) is 17.7 Å². The number of rotatable bonds is 4. The monoisotopic (exact) mass is 393 g/mol. The number of piperazine rings is 1. The zero-order valence-corrected chi connectivity index (χ0v) is 16.6. The molecule has 1 aliphatic carbocycles. The predicted octanol–water partition coefficient (Wildman–Crippen LogP) is 2.07. The van der Waals surface area contributed by atoms with Crippen LogP contribution in [0.1, 0.15) is 25.3 Å². The van der Waals surface area contributed by atoms with Crippen LogP contribution in [0.2, 0.25) is 5.02 Å². The van der Waals surface area contributed by atoms with Crippen molar-refractivity contribution in [1.82, 2.24) is 9.80 Å². The molecular weight excluding hydrogens is 370 g/mol. The molecule has 0 unspecified atom stereocenters. The summed E-state index contributed by atoms with van der Waals surface area (Å²) < 4.78 is 5.29. The van der Waals surface area contributed by atoms with Gasteiger partial charge >= 0.3 is 0 Å². The van der Waals surface area contributed by atoms with Crippen LogP contribution in [0.15, 0.2) is 12.1 Å². The number of benzene rings is 1. The van der Waals surface area contributed by atoms with Gasteiger partial charge in [0.15, 0.2) is 0 Å². The highest BCUT2D eigenvalue weighted by Gasteiger charge is 2.58. The van der Waals surface area contributed by atoms with Crippen molar-refractivity contribution in [1.29, 1.82) is 0 Å². The molecule has 1 aliphatic heterocycles. The molecule has 0 radical (unpaired) electrons. The van der Waals surface area contributed by atoms with E-state index < -0.39 is 5.41 Å². The molecule has 0 atom stereocenters. The van der Waals surface area contributed by atoms with Crippen molar-refractivity contribution in [2.75, 3.05) is 38.6 Å². The lowest BCUT2D eigenvalue weighted by Crippen LogP contribution is -2.53. The number of carbonyl (C=O) groups excluding carboxylic acids is 3. The van der Waals surface area contributed by atoms with Gasteiger partial charge in [-0.3, -0.25) is 14.4 Å². The van der Waals surface area contributed by atoms with Gasteiger partial charge in [0.05, 0.1) is 12.8 Å². The smallest absolute Gasteiger partial charge is 0.240 e. The third-order valence-corrected chi connectivity index (χ3v) is 5.74. The lowest BCUT2D eigenvalue weighted by atomic mass is 10.0. The first kappa shape index (κ1) is 19.5. The summed E-state index contributed by atoms with van der Waals surface area (Å²) in [5.41, 5.74) is 0.297. The molecule has 7 nitrogen and oxygen atoms in total. The molecule has 1 saturated carbocycles. The van der Waals surface area contributed by atoms with Gasteiger partial charge in [0, 0.05) is 44.2 Å². The number of amides is 3. The third kappa shape index (κ3) is 3.74. The molecule has 2 fully saturated rings. The van der Waals surface area contributed by atoms with Gasteiger partial charge in [0.1, 0.15) is 11.2 Å². The minimum Gasteiger partial charge on any atom is -0.495 e. The van der Waals surface area contributed by atoms with Crippen molar-refractivity contribution in [3.8, 4) is 5.75 Å². The molecule has 146 valence electrons. The quantitative estimate of drug-likeness (QED) is 0.794. The molecular formula is C19H24ClN3O4. The highest BCUT2D eigenvalue weighted by atomic mass is 35.5. The van der Waals surface area contributed by atoms with Crippen molar-refractivity contribution in [2.45, 2.75) is 26.7 Å². The Hall–Kier alpha value is -2.28. The Morgan fingerprint density at radius 1 is 1.11 bits per heavy atom. The standard InChI is InChI=1S/C19H24ClN3O4/c1-12-10-15(16(27-3)11-14(12)20)21-17(25)19(4-5-19)18(26)23-8-6-22(7-9-23)13(2)24/h10-11H,4-9H2,1-3H3,(H,21,25). The SMILES string of the molecule is COc1cc(Cl)c(C)cc1NC(=O)C1(C(=O)N2CCN(C(C)=O)CC2)CC1. The number of carbonyl (C=O) groups is 3. The third-order valence-electron chi connectivity index (χ3n) is 5.34. The van der Waals surface area contributed by atoms with E-state index in [-0.39, 0.29) is 17.7 Å². The number of halogens is 1. The lowest BCUT2D eigenvalue weighted by molar-refractivity contribution is -0.146. The summed E-state index contributed by atoms with van der Waals surface area (Å²) in [5, 5.41) is 3.39. The maximum atomic E-state index is 13.0. The van der Waals surface area contributed by atoms with Crippen molar-refractivity contribution in [3.63, 3.8) is 0 Å². The largest absolute Gasteiger partial charge is 0.495 e. The van der Waals surface area contributed by atoms with E-state index in [0.717, 1.165) is 5.56 Å². The Bertz CT molecular complexity index is 783. The van der Waals surface area contributed by atoms with Crippen LogP contribution < -0.4 is 10.1 Å². The summed E-state index contributed by atoms with van der Waals surface area (Å²) in [6.45, 7) is 5.28. The number of hydrogen-bond donors (Lipinski definition) is 1. The van der Waals surface area contributed by atoms with Gasteiger partial charge in [0.25, 0.3) is 0 Å². The van der Waals surface area contributed by atoms with Crippen LogP contribution >= 0.6 is 11.6 Å². The van der Waals surface area contributed by atoms with Gasteiger partial charge in [-0.25, -0.2) is 0 Å². The van der Waals surface area contributed by atoms with Gasteiger partial charge < -0.3 is 19.9 Å². The van der Waals surface area contributed by atoms with Crippen molar-refractivity contribution in [3.05, 3.63) is 22.7 Å². The molecule has 1 saturated heterocycles. The minimum absolute atomic E-state index is 0.00572. The summed E-state index contributed by atoms with van der Waals surface area (Å²) in [6.07, 6.45) is 1.05. The average Bonchev–Trinajstić information content (AvgIpc) is 3.46. The highest BCUT2D eigenvalue weighted by molar-refractivity contribution is 6.31. The number of nitrogens with zero attached hydrogens (tertiary/aromatic N) is 2. The summed E-state index contributed by atoms with van der Waals surface area (Å²) in [5.74, 6) is -0.0159. The summed E-state index contributed by atoms with van der Waals surface area (Å²) >= 11 is 6.11. The van der Waals surface area contributed by atoms with Crippen LogP contribution in [0, 0.1) is 12.3 Å². The van der Waals surface area contributed by atoms with Crippen LogP contribution in [0.25, 0.3) is 0 Å². The Kier molecular flexibility index (Phi) is 5.33. The number of aryl methyl sites for hydroxylation is 1. The number of ether oxygens (including phenoxy) is 1. The normalized spacial score (nSPS) is 18.1. The first-order valence-electron chi connectivity index (χ1n) is 8.99. The fraction of sp³-hybridized carbons (Fsp3) is 0.526. The van der Waals surface area contributed by atoms with E-state index in [1.165, 1.54) is 14.0 Å². The fourth-order valence-corrected chi connectivity index (χ4v) is 3.52. The van der Waals surface area contributed by atoms with Crippen molar-refractivity contribution < 1.29 is 19.1 Å². The lowest BCUT2D eigenvalue weighted by Gasteiger charge is -2.36. The van der Waals surface area contributed by atoms with Gasteiger partial charge in [-0.05, 0) is 31.4 Å². The van der Waals surface area contributed by atoms with Gasteiger partial charge in [-0.1, -0.05) is 11.6 Å². The maximum Gasteiger partial charge on any atom is 0.240 e. The minimum atomic E-state index is -1.02. The summed E-state index contributed by atoms with van der Waals surface area (Å²) in [4.78, 5) is 40.7. The van der Waals surface area contributed by atoms with E-state index in [2.05, 4.69) is 5.32 Å². The van der Waals surface area contributed by atoms with E-state index in [1.54, 1.807) is 21.9 Å². The van der Waals surface area contributed by atoms with E-state index in [0.29, 0.717) is 55.5 Å². The van der Waals surface area contributed by atoms with E-state index >= 15 is 0 Å². The number of hydrogen-bond acceptors (Lipinski definition) is 4. The van der Waals surface area contributed by atoms with Gasteiger partial charge in [-0.2, -0.15) is 0 Å². The highest BCUT2D eigenvalue weighted by Crippen LogP contribution is 2.48. The molecule has 1 N–H and O–H groups in total. The molecule has 27 heavy (non-hydrogen) atoms. The Labute approximate surface area is 163 Å². The summed E-state index contributed by atoms with van der Waals surface area (Å²) in [6, 6.07) is 3.39. The Balaban J connectivity index is 1.71. The second-order valence-corrected chi connectivity index (χ2v) is 7.54. The van der Waals surface area contributed by atoms with Crippen LogP contribution in [0.5, 0.6) is 5.75 Å².